The third-order valence-electron chi connectivity index (χ3n) is 8.78. The summed E-state index contributed by atoms with van der Waals surface area (Å²) in [4.78, 5) is 11.4. The molecule has 0 aliphatic heterocycles. The van der Waals surface area contributed by atoms with Gasteiger partial charge in [-0.05, 0) is 93.8 Å². The van der Waals surface area contributed by atoms with Crippen molar-refractivity contribution in [3.8, 4) is 0 Å². The van der Waals surface area contributed by atoms with E-state index in [2.05, 4.69) is 19.9 Å². The van der Waals surface area contributed by atoms with Gasteiger partial charge < -0.3 is 9.84 Å². The average Bonchev–Trinajstić information content (AvgIpc) is 2.90. The van der Waals surface area contributed by atoms with Gasteiger partial charge in [0.05, 0.1) is 11.7 Å². The lowest BCUT2D eigenvalue weighted by atomic mass is 9.47. The highest BCUT2D eigenvalue weighted by Gasteiger charge is 2.59. The summed E-state index contributed by atoms with van der Waals surface area (Å²) in [6, 6.07) is 0. The second-order valence-electron chi connectivity index (χ2n) is 10.6. The first-order valence-corrected chi connectivity index (χ1v) is 10.7. The van der Waals surface area contributed by atoms with E-state index in [-0.39, 0.29) is 29.3 Å². The first-order valence-electron chi connectivity index (χ1n) is 10.7. The van der Waals surface area contributed by atoms with Crippen molar-refractivity contribution in [3.05, 3.63) is 11.6 Å². The van der Waals surface area contributed by atoms with Crippen LogP contribution in [0.1, 0.15) is 79.1 Å². The van der Waals surface area contributed by atoms with Crippen LogP contribution in [0.25, 0.3) is 0 Å². The van der Waals surface area contributed by atoms with Crippen molar-refractivity contribution >= 4 is 5.78 Å². The fourth-order valence-electron chi connectivity index (χ4n) is 7.25. The van der Waals surface area contributed by atoms with Gasteiger partial charge in [-0.1, -0.05) is 25.5 Å². The second kappa shape index (κ2) is 6.17. The first-order chi connectivity index (χ1) is 12.2. The molecule has 0 amide bonds. The Morgan fingerprint density at radius 1 is 1.15 bits per heavy atom. The molecule has 4 aliphatic carbocycles. The Morgan fingerprint density at radius 2 is 1.92 bits per heavy atom. The van der Waals surface area contributed by atoms with Crippen molar-refractivity contribution in [2.24, 2.45) is 28.6 Å². The van der Waals surface area contributed by atoms with Crippen molar-refractivity contribution in [1.82, 2.24) is 0 Å². The summed E-state index contributed by atoms with van der Waals surface area (Å²) in [5.74, 6) is 2.35. The maximum absolute atomic E-state index is 11.4. The second-order valence-corrected chi connectivity index (χ2v) is 10.6. The van der Waals surface area contributed by atoms with Gasteiger partial charge in [-0.3, -0.25) is 4.79 Å². The zero-order valence-corrected chi connectivity index (χ0v) is 17.0. The molecule has 1 N–H and O–H groups in total. The smallest absolute Gasteiger partial charge is 0.155 e. The summed E-state index contributed by atoms with van der Waals surface area (Å²) >= 11 is 0. The molecule has 3 heteroatoms. The van der Waals surface area contributed by atoms with Crippen molar-refractivity contribution in [2.45, 2.75) is 90.8 Å². The zero-order valence-electron chi connectivity index (χ0n) is 17.0. The Balaban J connectivity index is 1.57. The molecule has 4 rings (SSSR count). The lowest BCUT2D eigenvalue weighted by molar-refractivity contribution is -0.131. The fourth-order valence-corrected chi connectivity index (χ4v) is 7.25. The minimum absolute atomic E-state index is 0.137. The topological polar surface area (TPSA) is 46.5 Å². The number of aliphatic hydroxyl groups is 1. The number of hydrogen-bond acceptors (Lipinski definition) is 3. The number of hydrogen-bond donors (Lipinski definition) is 1. The van der Waals surface area contributed by atoms with Gasteiger partial charge >= 0.3 is 0 Å². The molecular weight excluding hydrogens is 324 g/mol. The number of rotatable bonds is 3. The highest BCUT2D eigenvalue weighted by molar-refractivity contribution is 5.76. The molecule has 3 saturated carbocycles. The minimum atomic E-state index is -0.514. The third kappa shape index (κ3) is 2.81. The summed E-state index contributed by atoms with van der Waals surface area (Å²) in [5.41, 5.74) is 1.53. The minimum Gasteiger partial charge on any atom is -0.390 e. The van der Waals surface area contributed by atoms with E-state index < -0.39 is 5.60 Å². The van der Waals surface area contributed by atoms with Gasteiger partial charge in [-0.2, -0.15) is 0 Å². The Hall–Kier alpha value is -0.670. The van der Waals surface area contributed by atoms with Crippen LogP contribution in [0.5, 0.6) is 0 Å². The molecule has 0 aromatic heterocycles. The van der Waals surface area contributed by atoms with Crippen molar-refractivity contribution < 1.29 is 14.6 Å². The van der Waals surface area contributed by atoms with Gasteiger partial charge in [0.25, 0.3) is 0 Å². The van der Waals surface area contributed by atoms with E-state index in [0.717, 1.165) is 43.4 Å². The highest BCUT2D eigenvalue weighted by Crippen LogP contribution is 2.65. The molecule has 146 valence electrons. The summed E-state index contributed by atoms with van der Waals surface area (Å²) in [7, 11) is 0. The first kappa shape index (κ1) is 18.7. The summed E-state index contributed by atoms with van der Waals surface area (Å²) < 4.78 is 6.08. The number of allylic oxidation sites excluding steroid dienone is 1. The molecular formula is C23H36O3. The SMILES string of the molecule is CC(=O)CO[C@H]1CCC2C3CC=C4C[C@@](C)(O)CC[C@]4(C)C3CC[C@@]21C. The van der Waals surface area contributed by atoms with Gasteiger partial charge in [0.2, 0.25) is 0 Å². The molecule has 3 unspecified atom stereocenters. The summed E-state index contributed by atoms with van der Waals surface area (Å²) in [5, 5.41) is 10.6. The monoisotopic (exact) mass is 360 g/mol. The van der Waals surface area contributed by atoms with E-state index in [4.69, 9.17) is 4.74 Å². The molecule has 0 saturated heterocycles. The normalized spacial score (nSPS) is 50.4. The van der Waals surface area contributed by atoms with Crippen molar-refractivity contribution in [3.63, 3.8) is 0 Å². The van der Waals surface area contributed by atoms with Crippen LogP contribution in [0.2, 0.25) is 0 Å². The van der Waals surface area contributed by atoms with Gasteiger partial charge in [0.1, 0.15) is 6.61 Å². The van der Waals surface area contributed by atoms with E-state index in [1.165, 1.54) is 31.3 Å². The lowest BCUT2D eigenvalue weighted by Crippen LogP contribution is -2.52. The number of ketones is 1. The Morgan fingerprint density at radius 3 is 2.65 bits per heavy atom. The number of ether oxygens (including phenoxy) is 1. The van der Waals surface area contributed by atoms with Crippen LogP contribution in [0, 0.1) is 28.6 Å². The molecule has 0 radical (unpaired) electrons. The highest BCUT2D eigenvalue weighted by atomic mass is 16.5. The zero-order chi connectivity index (χ0) is 18.7. The molecule has 0 heterocycles. The molecule has 3 fully saturated rings. The van der Waals surface area contributed by atoms with Crippen molar-refractivity contribution in [2.75, 3.05) is 6.61 Å². The number of carbonyl (C=O) groups is 1. The maximum Gasteiger partial charge on any atom is 0.155 e. The van der Waals surface area contributed by atoms with Crippen LogP contribution in [0.4, 0.5) is 0 Å². The van der Waals surface area contributed by atoms with E-state index >= 15 is 0 Å². The van der Waals surface area contributed by atoms with E-state index in [0.29, 0.717) is 0 Å². The van der Waals surface area contributed by atoms with Crippen LogP contribution in [-0.2, 0) is 9.53 Å². The van der Waals surface area contributed by atoms with Crippen LogP contribution in [0.15, 0.2) is 11.6 Å². The molecule has 0 aromatic carbocycles. The maximum atomic E-state index is 11.4. The van der Waals surface area contributed by atoms with Crippen LogP contribution in [0.3, 0.4) is 0 Å². The van der Waals surface area contributed by atoms with Gasteiger partial charge in [0, 0.05) is 0 Å². The van der Waals surface area contributed by atoms with Gasteiger partial charge in [-0.15, -0.1) is 0 Å². The Labute approximate surface area is 158 Å². The molecule has 0 bridgehead atoms. The van der Waals surface area contributed by atoms with Gasteiger partial charge in [0.15, 0.2) is 5.78 Å². The van der Waals surface area contributed by atoms with Crippen LogP contribution in [-0.4, -0.2) is 29.2 Å². The van der Waals surface area contributed by atoms with E-state index in [9.17, 15) is 9.90 Å². The molecule has 4 aliphatic rings. The van der Waals surface area contributed by atoms with E-state index in [1.54, 1.807) is 6.92 Å². The molecule has 7 atom stereocenters. The van der Waals surface area contributed by atoms with Crippen molar-refractivity contribution in [1.29, 1.82) is 0 Å². The lowest BCUT2D eigenvalue weighted by Gasteiger charge is -2.58. The third-order valence-corrected chi connectivity index (χ3v) is 8.78. The Kier molecular flexibility index (Phi) is 4.43. The fraction of sp³-hybridized carbons (Fsp3) is 0.870. The largest absolute Gasteiger partial charge is 0.390 e. The Bertz CT molecular complexity index is 621. The summed E-state index contributed by atoms with van der Waals surface area (Å²) in [6.07, 6.45) is 11.7. The average molecular weight is 361 g/mol. The van der Waals surface area contributed by atoms with E-state index in [1.807, 2.05) is 6.92 Å². The molecule has 3 nitrogen and oxygen atoms in total. The predicted octanol–water partition coefficient (Wildman–Crippen LogP) is 4.67. The number of fused-ring (bicyclic) bond motifs is 5. The quantitative estimate of drug-likeness (QED) is 0.744. The van der Waals surface area contributed by atoms with Crippen LogP contribution < -0.4 is 0 Å². The number of carbonyl (C=O) groups excluding carboxylic acids is 1. The predicted molar refractivity (Wildman–Crippen MR) is 103 cm³/mol. The molecule has 26 heavy (non-hydrogen) atoms. The summed E-state index contributed by atoms with van der Waals surface area (Å²) in [6.45, 7) is 8.81. The number of Topliss-reactive ketones (excluding diaryl/α,β-unsaturated/α-hetero) is 1. The van der Waals surface area contributed by atoms with Crippen LogP contribution >= 0.6 is 0 Å². The standard InChI is InChI=1S/C23H36O3/c1-15(24)14-26-20-8-7-18-17-6-5-16-13-21(2,25)11-12-22(16,3)19(17)9-10-23(18,20)4/h5,17-20,25H,6-14H2,1-4H3/t17?,18?,19?,20-,21-,22-,23-/m0/s1. The van der Waals surface area contributed by atoms with Gasteiger partial charge in [-0.25, -0.2) is 0 Å². The molecule has 0 aromatic rings. The molecule has 0 spiro atoms.